The standard InChI is InChI=1S/C15H29N/c1-11-8-9-15(12(2)10-11)16-13(3)14-6-4-5-7-14/h11-16H,4-10H2,1-3H3/t11?,12?,13-,15?/m0/s1. The molecule has 0 bridgehead atoms. The normalized spacial score (nSPS) is 38.8. The topological polar surface area (TPSA) is 12.0 Å². The molecule has 0 saturated heterocycles. The smallest absolute Gasteiger partial charge is 0.00954 e. The number of hydrogen-bond acceptors (Lipinski definition) is 1. The number of nitrogens with one attached hydrogen (secondary N) is 1. The van der Waals surface area contributed by atoms with Gasteiger partial charge in [-0.3, -0.25) is 0 Å². The molecule has 0 amide bonds. The molecule has 2 rings (SSSR count). The third kappa shape index (κ3) is 3.00. The van der Waals surface area contributed by atoms with E-state index in [1.54, 1.807) is 0 Å². The van der Waals surface area contributed by atoms with E-state index in [1.807, 2.05) is 0 Å². The largest absolute Gasteiger partial charge is 0.311 e. The maximum atomic E-state index is 3.93. The van der Waals surface area contributed by atoms with Gasteiger partial charge in [0.1, 0.15) is 0 Å². The summed E-state index contributed by atoms with van der Waals surface area (Å²) in [6.07, 6.45) is 10.1. The second-order valence-electron chi connectivity index (χ2n) is 6.50. The van der Waals surface area contributed by atoms with Gasteiger partial charge in [-0.2, -0.15) is 0 Å². The third-order valence-corrected chi connectivity index (χ3v) is 5.02. The van der Waals surface area contributed by atoms with Crippen molar-refractivity contribution in [3.63, 3.8) is 0 Å². The minimum atomic E-state index is 0.753. The second-order valence-corrected chi connectivity index (χ2v) is 6.50. The zero-order valence-electron chi connectivity index (χ0n) is 11.3. The van der Waals surface area contributed by atoms with Crippen LogP contribution in [-0.2, 0) is 0 Å². The van der Waals surface area contributed by atoms with Crippen LogP contribution in [0.5, 0.6) is 0 Å². The fraction of sp³-hybridized carbons (Fsp3) is 1.00. The molecule has 94 valence electrons. The molecule has 1 nitrogen and oxygen atoms in total. The molecular formula is C15H29N. The fourth-order valence-corrected chi connectivity index (χ4v) is 3.84. The van der Waals surface area contributed by atoms with E-state index in [4.69, 9.17) is 0 Å². The fourth-order valence-electron chi connectivity index (χ4n) is 3.84. The summed E-state index contributed by atoms with van der Waals surface area (Å²) in [6.45, 7) is 7.27. The van der Waals surface area contributed by atoms with Crippen LogP contribution in [0, 0.1) is 17.8 Å². The Labute approximate surface area is 101 Å². The molecule has 1 heteroatoms. The van der Waals surface area contributed by atoms with E-state index in [0.717, 1.165) is 29.8 Å². The van der Waals surface area contributed by atoms with Crippen molar-refractivity contribution in [2.75, 3.05) is 0 Å². The molecule has 2 aliphatic rings. The summed E-state index contributed by atoms with van der Waals surface area (Å²) < 4.78 is 0. The van der Waals surface area contributed by atoms with Crippen molar-refractivity contribution in [1.29, 1.82) is 0 Å². The predicted octanol–water partition coefficient (Wildman–Crippen LogP) is 3.98. The zero-order valence-corrected chi connectivity index (χ0v) is 11.3. The molecule has 0 heterocycles. The van der Waals surface area contributed by atoms with Crippen LogP contribution in [0.25, 0.3) is 0 Å². The van der Waals surface area contributed by atoms with Gasteiger partial charge in [0.15, 0.2) is 0 Å². The first-order valence-corrected chi connectivity index (χ1v) is 7.43. The van der Waals surface area contributed by atoms with Crippen LogP contribution in [0.3, 0.4) is 0 Å². The van der Waals surface area contributed by atoms with Gasteiger partial charge in [0.05, 0.1) is 0 Å². The maximum Gasteiger partial charge on any atom is 0.00954 e. The summed E-state index contributed by atoms with van der Waals surface area (Å²) in [7, 11) is 0. The van der Waals surface area contributed by atoms with E-state index >= 15 is 0 Å². The van der Waals surface area contributed by atoms with Crippen molar-refractivity contribution in [3.05, 3.63) is 0 Å². The summed E-state index contributed by atoms with van der Waals surface area (Å²) in [5.74, 6) is 2.80. The van der Waals surface area contributed by atoms with Gasteiger partial charge in [-0.15, -0.1) is 0 Å². The van der Waals surface area contributed by atoms with E-state index in [9.17, 15) is 0 Å². The monoisotopic (exact) mass is 223 g/mol. The Morgan fingerprint density at radius 1 is 1.00 bits per heavy atom. The Bertz CT molecular complexity index is 207. The molecule has 0 aromatic heterocycles. The van der Waals surface area contributed by atoms with Crippen molar-refractivity contribution in [2.24, 2.45) is 17.8 Å². The lowest BCUT2D eigenvalue weighted by Crippen LogP contribution is -2.45. The Morgan fingerprint density at radius 3 is 2.31 bits per heavy atom. The van der Waals surface area contributed by atoms with Gasteiger partial charge in [-0.25, -0.2) is 0 Å². The van der Waals surface area contributed by atoms with Crippen LogP contribution in [0.1, 0.15) is 65.7 Å². The summed E-state index contributed by atoms with van der Waals surface area (Å²) in [5.41, 5.74) is 0. The summed E-state index contributed by atoms with van der Waals surface area (Å²) in [4.78, 5) is 0. The van der Waals surface area contributed by atoms with Crippen molar-refractivity contribution >= 4 is 0 Å². The summed E-state index contributed by atoms with van der Waals surface area (Å²) in [6, 6.07) is 1.55. The van der Waals surface area contributed by atoms with E-state index in [0.29, 0.717) is 0 Å². The molecule has 0 aromatic rings. The molecule has 0 aromatic carbocycles. The number of rotatable bonds is 3. The van der Waals surface area contributed by atoms with Crippen molar-refractivity contribution in [1.82, 2.24) is 5.32 Å². The second kappa shape index (κ2) is 5.53. The molecule has 3 unspecified atom stereocenters. The highest BCUT2D eigenvalue weighted by atomic mass is 15.0. The lowest BCUT2D eigenvalue weighted by atomic mass is 9.79. The lowest BCUT2D eigenvalue weighted by Gasteiger charge is -2.36. The highest BCUT2D eigenvalue weighted by Gasteiger charge is 2.29. The maximum absolute atomic E-state index is 3.93. The Morgan fingerprint density at radius 2 is 1.69 bits per heavy atom. The average molecular weight is 223 g/mol. The van der Waals surface area contributed by atoms with Gasteiger partial charge in [0, 0.05) is 12.1 Å². The Hall–Kier alpha value is -0.0400. The highest BCUT2D eigenvalue weighted by molar-refractivity contribution is 4.86. The quantitative estimate of drug-likeness (QED) is 0.763. The van der Waals surface area contributed by atoms with Crippen molar-refractivity contribution in [2.45, 2.75) is 77.8 Å². The summed E-state index contributed by atoms with van der Waals surface area (Å²) >= 11 is 0. The summed E-state index contributed by atoms with van der Waals surface area (Å²) in [5, 5.41) is 3.93. The van der Waals surface area contributed by atoms with E-state index in [2.05, 4.69) is 26.1 Å². The van der Waals surface area contributed by atoms with Crippen LogP contribution in [0.4, 0.5) is 0 Å². The minimum absolute atomic E-state index is 0.753. The molecular weight excluding hydrogens is 194 g/mol. The van der Waals surface area contributed by atoms with E-state index in [-0.39, 0.29) is 0 Å². The van der Waals surface area contributed by atoms with Crippen molar-refractivity contribution in [3.8, 4) is 0 Å². The van der Waals surface area contributed by atoms with Gasteiger partial charge >= 0.3 is 0 Å². The first kappa shape index (κ1) is 12.4. The van der Waals surface area contributed by atoms with Crippen LogP contribution in [0.15, 0.2) is 0 Å². The SMILES string of the molecule is CC1CCC(N[C@@H](C)C2CCCC2)C(C)C1. The van der Waals surface area contributed by atoms with Crippen LogP contribution >= 0.6 is 0 Å². The molecule has 0 radical (unpaired) electrons. The van der Waals surface area contributed by atoms with E-state index < -0.39 is 0 Å². The minimum Gasteiger partial charge on any atom is -0.311 e. The third-order valence-electron chi connectivity index (χ3n) is 5.02. The van der Waals surface area contributed by atoms with E-state index in [1.165, 1.54) is 44.9 Å². The van der Waals surface area contributed by atoms with Gasteiger partial charge < -0.3 is 5.32 Å². The first-order chi connectivity index (χ1) is 7.66. The van der Waals surface area contributed by atoms with Crippen LogP contribution in [0.2, 0.25) is 0 Å². The van der Waals surface area contributed by atoms with Crippen molar-refractivity contribution < 1.29 is 0 Å². The van der Waals surface area contributed by atoms with Crippen LogP contribution in [-0.4, -0.2) is 12.1 Å². The molecule has 4 atom stereocenters. The average Bonchev–Trinajstić information content (AvgIpc) is 2.75. The van der Waals surface area contributed by atoms with Gasteiger partial charge in [-0.1, -0.05) is 26.7 Å². The first-order valence-electron chi connectivity index (χ1n) is 7.43. The molecule has 0 spiro atoms. The molecule has 16 heavy (non-hydrogen) atoms. The molecule has 2 fully saturated rings. The van der Waals surface area contributed by atoms with Gasteiger partial charge in [0.25, 0.3) is 0 Å². The zero-order chi connectivity index (χ0) is 11.5. The Kier molecular flexibility index (Phi) is 4.29. The highest BCUT2D eigenvalue weighted by Crippen LogP contribution is 2.32. The molecule has 2 aliphatic carbocycles. The van der Waals surface area contributed by atoms with Crippen LogP contribution < -0.4 is 5.32 Å². The lowest BCUT2D eigenvalue weighted by molar-refractivity contribution is 0.199. The Balaban J connectivity index is 1.79. The number of hydrogen-bond donors (Lipinski definition) is 1. The predicted molar refractivity (Wildman–Crippen MR) is 70.5 cm³/mol. The van der Waals surface area contributed by atoms with Gasteiger partial charge in [0.2, 0.25) is 0 Å². The molecule has 2 saturated carbocycles. The van der Waals surface area contributed by atoms with Gasteiger partial charge in [-0.05, 0) is 56.8 Å². The molecule has 0 aliphatic heterocycles. The molecule has 1 N–H and O–H groups in total.